The molecule has 1 aromatic heterocycles. The molecule has 1 aromatic rings. The number of nitrogens with zero attached hydrogens (tertiary/aromatic N) is 1. The van der Waals surface area contributed by atoms with Gasteiger partial charge in [-0.1, -0.05) is 0 Å². The van der Waals surface area contributed by atoms with E-state index in [4.69, 9.17) is 10.2 Å². The van der Waals surface area contributed by atoms with Crippen LogP contribution in [0.25, 0.3) is 0 Å². The highest BCUT2D eigenvalue weighted by atomic mass is 16.3. The standard InChI is InChI=1S/C13H22N2O/c1-10(8-13-4-3-7-16-13)15-6-5-12(9-15)11(2)14/h3-4,7,10-12H,5-6,8-9,14H2,1-2H3. The van der Waals surface area contributed by atoms with Gasteiger partial charge in [0.15, 0.2) is 0 Å². The molecule has 3 heteroatoms. The van der Waals surface area contributed by atoms with E-state index in [1.807, 2.05) is 6.07 Å². The molecular weight excluding hydrogens is 200 g/mol. The van der Waals surface area contributed by atoms with Crippen LogP contribution in [0.2, 0.25) is 0 Å². The van der Waals surface area contributed by atoms with Crippen molar-refractivity contribution in [3.63, 3.8) is 0 Å². The van der Waals surface area contributed by atoms with Crippen LogP contribution in [-0.2, 0) is 6.42 Å². The van der Waals surface area contributed by atoms with Crippen molar-refractivity contribution in [2.75, 3.05) is 13.1 Å². The van der Waals surface area contributed by atoms with Gasteiger partial charge in [-0.25, -0.2) is 0 Å². The Morgan fingerprint density at radius 1 is 1.56 bits per heavy atom. The highest BCUT2D eigenvalue weighted by Gasteiger charge is 2.28. The van der Waals surface area contributed by atoms with Gasteiger partial charge in [0.05, 0.1) is 6.26 Å². The minimum Gasteiger partial charge on any atom is -0.469 e. The predicted molar refractivity (Wildman–Crippen MR) is 65.2 cm³/mol. The molecule has 0 aromatic carbocycles. The van der Waals surface area contributed by atoms with Crippen LogP contribution in [0.5, 0.6) is 0 Å². The van der Waals surface area contributed by atoms with Gasteiger partial charge in [0, 0.05) is 25.0 Å². The summed E-state index contributed by atoms with van der Waals surface area (Å²) in [5.74, 6) is 1.75. The molecule has 0 bridgehead atoms. The van der Waals surface area contributed by atoms with Crippen LogP contribution >= 0.6 is 0 Å². The molecule has 0 saturated carbocycles. The lowest BCUT2D eigenvalue weighted by molar-refractivity contribution is 0.235. The van der Waals surface area contributed by atoms with Gasteiger partial charge in [-0.05, 0) is 44.9 Å². The van der Waals surface area contributed by atoms with Gasteiger partial charge < -0.3 is 10.2 Å². The van der Waals surface area contributed by atoms with Crippen LogP contribution < -0.4 is 5.73 Å². The maximum Gasteiger partial charge on any atom is 0.105 e. The van der Waals surface area contributed by atoms with Crippen LogP contribution in [0.1, 0.15) is 26.0 Å². The van der Waals surface area contributed by atoms with E-state index in [2.05, 4.69) is 24.8 Å². The molecule has 1 fully saturated rings. The van der Waals surface area contributed by atoms with Crippen LogP contribution in [0.4, 0.5) is 0 Å². The summed E-state index contributed by atoms with van der Waals surface area (Å²) in [5.41, 5.74) is 5.95. The van der Waals surface area contributed by atoms with Gasteiger partial charge in [0.2, 0.25) is 0 Å². The Hall–Kier alpha value is -0.800. The van der Waals surface area contributed by atoms with E-state index in [9.17, 15) is 0 Å². The zero-order valence-electron chi connectivity index (χ0n) is 10.2. The maximum absolute atomic E-state index is 5.95. The third-order valence-electron chi connectivity index (χ3n) is 3.70. The first-order valence-electron chi connectivity index (χ1n) is 6.19. The summed E-state index contributed by atoms with van der Waals surface area (Å²) in [6, 6.07) is 4.88. The Labute approximate surface area is 97.6 Å². The Bertz CT molecular complexity index is 308. The molecule has 0 aliphatic carbocycles. The van der Waals surface area contributed by atoms with Gasteiger partial charge in [-0.3, -0.25) is 4.90 Å². The summed E-state index contributed by atoms with van der Waals surface area (Å²) in [6.07, 6.45) is 3.98. The molecule has 3 atom stereocenters. The van der Waals surface area contributed by atoms with E-state index in [1.54, 1.807) is 6.26 Å². The molecule has 3 nitrogen and oxygen atoms in total. The van der Waals surface area contributed by atoms with Gasteiger partial charge in [0.25, 0.3) is 0 Å². The van der Waals surface area contributed by atoms with E-state index >= 15 is 0 Å². The quantitative estimate of drug-likeness (QED) is 0.845. The largest absolute Gasteiger partial charge is 0.469 e. The third kappa shape index (κ3) is 2.66. The van der Waals surface area contributed by atoms with Gasteiger partial charge in [-0.2, -0.15) is 0 Å². The number of nitrogens with two attached hydrogens (primary N) is 1. The Balaban J connectivity index is 1.85. The molecule has 2 rings (SSSR count). The Morgan fingerprint density at radius 2 is 2.38 bits per heavy atom. The van der Waals surface area contributed by atoms with Crippen LogP contribution in [0, 0.1) is 5.92 Å². The molecule has 0 amide bonds. The first-order valence-corrected chi connectivity index (χ1v) is 6.19. The van der Waals surface area contributed by atoms with Gasteiger partial charge in [-0.15, -0.1) is 0 Å². The lowest BCUT2D eigenvalue weighted by atomic mass is 10.0. The Kier molecular flexibility index (Phi) is 3.66. The molecule has 1 saturated heterocycles. The van der Waals surface area contributed by atoms with Crippen molar-refractivity contribution in [3.05, 3.63) is 24.2 Å². The van der Waals surface area contributed by atoms with Crippen molar-refractivity contribution < 1.29 is 4.42 Å². The second-order valence-electron chi connectivity index (χ2n) is 5.04. The molecule has 1 aliphatic heterocycles. The lowest BCUT2D eigenvalue weighted by Gasteiger charge is -2.24. The summed E-state index contributed by atoms with van der Waals surface area (Å²) in [4.78, 5) is 2.52. The fourth-order valence-electron chi connectivity index (χ4n) is 2.49. The maximum atomic E-state index is 5.95. The Morgan fingerprint density at radius 3 is 2.94 bits per heavy atom. The van der Waals surface area contributed by atoms with Crippen molar-refractivity contribution in [1.82, 2.24) is 4.90 Å². The second kappa shape index (κ2) is 5.02. The second-order valence-corrected chi connectivity index (χ2v) is 5.04. The van der Waals surface area contributed by atoms with Crippen molar-refractivity contribution in [2.24, 2.45) is 11.7 Å². The first kappa shape index (κ1) is 11.7. The average molecular weight is 222 g/mol. The summed E-state index contributed by atoms with van der Waals surface area (Å²) < 4.78 is 5.39. The third-order valence-corrected chi connectivity index (χ3v) is 3.70. The van der Waals surface area contributed by atoms with Crippen LogP contribution in [-0.4, -0.2) is 30.1 Å². The minimum atomic E-state index is 0.320. The molecular formula is C13H22N2O. The molecule has 0 radical (unpaired) electrons. The molecule has 16 heavy (non-hydrogen) atoms. The van der Waals surface area contributed by atoms with Crippen molar-refractivity contribution >= 4 is 0 Å². The summed E-state index contributed by atoms with van der Waals surface area (Å²) in [7, 11) is 0. The SMILES string of the molecule is CC(N)C1CCN(C(C)Cc2ccco2)C1. The summed E-state index contributed by atoms with van der Waals surface area (Å²) in [6.45, 7) is 6.70. The first-order chi connectivity index (χ1) is 7.66. The number of furan rings is 1. The van der Waals surface area contributed by atoms with E-state index in [0.29, 0.717) is 18.0 Å². The summed E-state index contributed by atoms with van der Waals surface area (Å²) in [5, 5.41) is 0. The number of hydrogen-bond donors (Lipinski definition) is 1. The molecule has 0 spiro atoms. The van der Waals surface area contributed by atoms with Crippen molar-refractivity contribution in [2.45, 2.75) is 38.8 Å². The van der Waals surface area contributed by atoms with Crippen LogP contribution in [0.3, 0.4) is 0 Å². The highest BCUT2D eigenvalue weighted by Crippen LogP contribution is 2.22. The van der Waals surface area contributed by atoms with Crippen molar-refractivity contribution in [3.8, 4) is 0 Å². The molecule has 2 heterocycles. The van der Waals surface area contributed by atoms with E-state index < -0.39 is 0 Å². The van der Waals surface area contributed by atoms with Gasteiger partial charge >= 0.3 is 0 Å². The minimum absolute atomic E-state index is 0.320. The predicted octanol–water partition coefficient (Wildman–Crippen LogP) is 1.88. The summed E-state index contributed by atoms with van der Waals surface area (Å²) >= 11 is 0. The lowest BCUT2D eigenvalue weighted by Crippen LogP contribution is -2.35. The van der Waals surface area contributed by atoms with Crippen molar-refractivity contribution in [1.29, 1.82) is 0 Å². The van der Waals surface area contributed by atoms with E-state index in [0.717, 1.165) is 18.7 Å². The number of likely N-dealkylation sites (tertiary alicyclic amines) is 1. The zero-order chi connectivity index (χ0) is 11.5. The highest BCUT2D eigenvalue weighted by molar-refractivity contribution is 5.00. The number of hydrogen-bond acceptors (Lipinski definition) is 3. The molecule has 3 unspecified atom stereocenters. The average Bonchev–Trinajstić information content (AvgIpc) is 2.86. The topological polar surface area (TPSA) is 42.4 Å². The smallest absolute Gasteiger partial charge is 0.105 e. The normalized spacial score (nSPS) is 25.8. The van der Waals surface area contributed by atoms with E-state index in [-0.39, 0.29) is 0 Å². The molecule has 90 valence electrons. The fourth-order valence-corrected chi connectivity index (χ4v) is 2.49. The van der Waals surface area contributed by atoms with E-state index in [1.165, 1.54) is 13.0 Å². The number of rotatable bonds is 4. The van der Waals surface area contributed by atoms with Gasteiger partial charge in [0.1, 0.15) is 5.76 Å². The molecule has 1 aliphatic rings. The fraction of sp³-hybridized carbons (Fsp3) is 0.692. The molecule has 2 N–H and O–H groups in total. The monoisotopic (exact) mass is 222 g/mol. The van der Waals surface area contributed by atoms with Crippen LogP contribution in [0.15, 0.2) is 22.8 Å². The zero-order valence-corrected chi connectivity index (χ0v) is 10.2.